The monoisotopic (exact) mass is 287 g/mol. The molecule has 1 aromatic carbocycles. The number of benzene rings is 1. The summed E-state index contributed by atoms with van der Waals surface area (Å²) in [4.78, 5) is 9.82. The van der Waals surface area contributed by atoms with Crippen molar-refractivity contribution >= 4 is 22.7 Å². The van der Waals surface area contributed by atoms with Crippen molar-refractivity contribution in [3.8, 4) is 9.88 Å². The van der Waals surface area contributed by atoms with E-state index in [-0.39, 0.29) is 6.04 Å². The van der Waals surface area contributed by atoms with Crippen molar-refractivity contribution in [2.24, 2.45) is 5.73 Å². The van der Waals surface area contributed by atoms with E-state index >= 15 is 0 Å². The molecule has 0 radical (unpaired) electrons. The van der Waals surface area contributed by atoms with Gasteiger partial charge in [-0.3, -0.25) is 4.98 Å². The topological polar surface area (TPSA) is 51.8 Å². The summed E-state index contributed by atoms with van der Waals surface area (Å²) in [5.41, 5.74) is 10.2. The highest BCUT2D eigenvalue weighted by Crippen LogP contribution is 2.28. The van der Waals surface area contributed by atoms with E-state index in [0.29, 0.717) is 0 Å². The first-order valence-electron chi connectivity index (χ1n) is 5.97. The highest BCUT2D eigenvalue weighted by Gasteiger charge is 2.11. The van der Waals surface area contributed by atoms with E-state index in [0.717, 1.165) is 27.6 Å². The summed E-state index contributed by atoms with van der Waals surface area (Å²) in [6, 6.07) is 10.1. The van der Waals surface area contributed by atoms with E-state index in [1.807, 2.05) is 29.9 Å². The van der Waals surface area contributed by atoms with Crippen molar-refractivity contribution in [2.75, 3.05) is 0 Å². The molecule has 2 N–H and O–H groups in total. The van der Waals surface area contributed by atoms with E-state index in [4.69, 9.17) is 5.73 Å². The third kappa shape index (κ3) is 2.89. The second-order valence-electron chi connectivity index (χ2n) is 4.23. The van der Waals surface area contributed by atoms with Gasteiger partial charge in [0.05, 0.1) is 16.1 Å². The zero-order valence-electron chi connectivity index (χ0n) is 10.2. The molecule has 1 unspecified atom stereocenters. The van der Waals surface area contributed by atoms with Gasteiger partial charge in [0, 0.05) is 24.0 Å². The van der Waals surface area contributed by atoms with Crippen LogP contribution in [0.1, 0.15) is 17.3 Å². The molecule has 3 rings (SSSR count). The number of hydrogen-bond acceptors (Lipinski definition) is 5. The maximum atomic E-state index is 6.21. The SMILES string of the molecule is NC(Cc1csc(-c2cncs2)n1)c1ccccc1. The summed E-state index contributed by atoms with van der Waals surface area (Å²) in [7, 11) is 0. The van der Waals surface area contributed by atoms with Crippen molar-refractivity contribution in [3.63, 3.8) is 0 Å². The van der Waals surface area contributed by atoms with Gasteiger partial charge in [0.25, 0.3) is 0 Å². The Labute approximate surface area is 119 Å². The number of aromatic nitrogens is 2. The maximum absolute atomic E-state index is 6.21. The van der Waals surface area contributed by atoms with Crippen LogP contribution in [0.15, 0.2) is 47.4 Å². The fourth-order valence-electron chi connectivity index (χ4n) is 1.88. The zero-order valence-corrected chi connectivity index (χ0v) is 11.8. The summed E-state index contributed by atoms with van der Waals surface area (Å²) in [5, 5.41) is 3.11. The first-order chi connectivity index (χ1) is 9.33. The Morgan fingerprint density at radius 1 is 1.16 bits per heavy atom. The smallest absolute Gasteiger partial charge is 0.135 e. The fraction of sp³-hybridized carbons (Fsp3) is 0.143. The van der Waals surface area contributed by atoms with Crippen molar-refractivity contribution in [3.05, 3.63) is 58.7 Å². The third-order valence-electron chi connectivity index (χ3n) is 2.85. The molecule has 0 aliphatic carbocycles. The normalized spacial score (nSPS) is 12.5. The Morgan fingerprint density at radius 3 is 2.74 bits per heavy atom. The van der Waals surface area contributed by atoms with E-state index < -0.39 is 0 Å². The Bertz CT molecular complexity index is 632. The first-order valence-corrected chi connectivity index (χ1v) is 7.72. The second-order valence-corrected chi connectivity index (χ2v) is 5.98. The van der Waals surface area contributed by atoms with Crippen molar-refractivity contribution in [1.82, 2.24) is 9.97 Å². The number of nitrogens with zero attached hydrogens (tertiary/aromatic N) is 2. The molecule has 0 saturated carbocycles. The van der Waals surface area contributed by atoms with Gasteiger partial charge in [0.2, 0.25) is 0 Å². The molecule has 3 nitrogen and oxygen atoms in total. The van der Waals surface area contributed by atoms with Crippen LogP contribution in [0.5, 0.6) is 0 Å². The molecule has 19 heavy (non-hydrogen) atoms. The van der Waals surface area contributed by atoms with E-state index in [9.17, 15) is 0 Å². The van der Waals surface area contributed by atoms with Gasteiger partial charge in [-0.1, -0.05) is 30.3 Å². The van der Waals surface area contributed by atoms with Crippen LogP contribution < -0.4 is 5.73 Å². The number of rotatable bonds is 4. The largest absolute Gasteiger partial charge is 0.324 e. The lowest BCUT2D eigenvalue weighted by Crippen LogP contribution is -2.13. The lowest BCUT2D eigenvalue weighted by atomic mass is 10.0. The summed E-state index contributed by atoms with van der Waals surface area (Å²) in [6.45, 7) is 0. The van der Waals surface area contributed by atoms with Crippen molar-refractivity contribution < 1.29 is 0 Å². The number of hydrogen-bond donors (Lipinski definition) is 1. The Hall–Kier alpha value is -1.56. The zero-order chi connectivity index (χ0) is 13.1. The molecule has 0 bridgehead atoms. The molecule has 0 aliphatic heterocycles. The van der Waals surface area contributed by atoms with Crippen LogP contribution in [-0.2, 0) is 6.42 Å². The van der Waals surface area contributed by atoms with Gasteiger partial charge in [-0.05, 0) is 5.56 Å². The van der Waals surface area contributed by atoms with Gasteiger partial charge < -0.3 is 5.73 Å². The van der Waals surface area contributed by atoms with Crippen molar-refractivity contribution in [1.29, 1.82) is 0 Å². The third-order valence-corrected chi connectivity index (χ3v) is 4.69. The van der Waals surface area contributed by atoms with Crippen LogP contribution in [0.3, 0.4) is 0 Å². The quantitative estimate of drug-likeness (QED) is 0.799. The van der Waals surface area contributed by atoms with Gasteiger partial charge in [0.1, 0.15) is 5.01 Å². The molecule has 0 saturated heterocycles. The molecule has 0 aliphatic rings. The minimum Gasteiger partial charge on any atom is -0.324 e. The average molecular weight is 287 g/mol. The fourth-order valence-corrected chi connectivity index (χ4v) is 3.41. The molecule has 0 spiro atoms. The maximum Gasteiger partial charge on any atom is 0.135 e. The lowest BCUT2D eigenvalue weighted by Gasteiger charge is -2.09. The van der Waals surface area contributed by atoms with Gasteiger partial charge in [-0.2, -0.15) is 0 Å². The van der Waals surface area contributed by atoms with Crippen LogP contribution in [0.25, 0.3) is 9.88 Å². The number of thiazole rings is 2. The molecule has 5 heteroatoms. The highest BCUT2D eigenvalue weighted by molar-refractivity contribution is 7.19. The first kappa shape index (κ1) is 12.5. The van der Waals surface area contributed by atoms with E-state index in [1.165, 1.54) is 0 Å². The molecule has 0 fully saturated rings. The molecular formula is C14H13N3S2. The summed E-state index contributed by atoms with van der Waals surface area (Å²) < 4.78 is 0. The van der Waals surface area contributed by atoms with Crippen LogP contribution in [0, 0.1) is 0 Å². The minimum absolute atomic E-state index is 0.00221. The van der Waals surface area contributed by atoms with Gasteiger partial charge in [0.15, 0.2) is 0 Å². The Morgan fingerprint density at radius 2 is 2.00 bits per heavy atom. The number of nitrogens with two attached hydrogens (primary N) is 1. The summed E-state index contributed by atoms with van der Waals surface area (Å²) >= 11 is 3.26. The van der Waals surface area contributed by atoms with Crippen LogP contribution in [-0.4, -0.2) is 9.97 Å². The van der Waals surface area contributed by atoms with Crippen LogP contribution in [0.2, 0.25) is 0 Å². The van der Waals surface area contributed by atoms with E-state index in [2.05, 4.69) is 27.5 Å². The lowest BCUT2D eigenvalue weighted by molar-refractivity contribution is 0.710. The molecule has 3 aromatic rings. The van der Waals surface area contributed by atoms with Gasteiger partial charge in [-0.15, -0.1) is 22.7 Å². The molecule has 96 valence electrons. The predicted molar refractivity (Wildman–Crippen MR) is 80.3 cm³/mol. The summed E-state index contributed by atoms with van der Waals surface area (Å²) in [6.07, 6.45) is 2.61. The molecular weight excluding hydrogens is 274 g/mol. The van der Waals surface area contributed by atoms with Crippen LogP contribution >= 0.6 is 22.7 Å². The molecule has 1 atom stereocenters. The minimum atomic E-state index is -0.00221. The van der Waals surface area contributed by atoms with Crippen LogP contribution in [0.4, 0.5) is 0 Å². The Balaban J connectivity index is 1.74. The second kappa shape index (κ2) is 5.61. The highest BCUT2D eigenvalue weighted by atomic mass is 32.1. The predicted octanol–water partition coefficient (Wildman–Crippen LogP) is 3.51. The Kier molecular flexibility index (Phi) is 3.68. The van der Waals surface area contributed by atoms with Crippen molar-refractivity contribution in [2.45, 2.75) is 12.5 Å². The van der Waals surface area contributed by atoms with Gasteiger partial charge in [-0.25, -0.2) is 4.98 Å². The van der Waals surface area contributed by atoms with E-state index in [1.54, 1.807) is 22.7 Å². The standard InChI is InChI=1S/C14H13N3S2/c15-12(10-4-2-1-3-5-10)6-11-8-18-14(17-11)13-7-16-9-19-13/h1-5,7-9,12H,6,15H2. The average Bonchev–Trinajstić information content (AvgIpc) is 3.10. The van der Waals surface area contributed by atoms with Gasteiger partial charge >= 0.3 is 0 Å². The summed E-state index contributed by atoms with van der Waals surface area (Å²) in [5.74, 6) is 0. The molecule has 2 aromatic heterocycles. The molecule has 2 heterocycles. The molecule has 0 amide bonds.